The first-order chi connectivity index (χ1) is 9.47. The fourth-order valence-corrected chi connectivity index (χ4v) is 1.40. The number of carboxylic acids is 2. The van der Waals surface area contributed by atoms with Crippen LogP contribution in [0.15, 0.2) is 30.3 Å². The highest BCUT2D eigenvalue weighted by atomic mass is 16.4. The van der Waals surface area contributed by atoms with Gasteiger partial charge >= 0.3 is 11.9 Å². The first-order valence-corrected chi connectivity index (χ1v) is 6.41. The van der Waals surface area contributed by atoms with Crippen molar-refractivity contribution in [2.24, 2.45) is 11.5 Å². The maximum atomic E-state index is 10.2. The zero-order valence-corrected chi connectivity index (χ0v) is 11.4. The molecule has 0 heterocycles. The molecule has 0 fully saturated rings. The van der Waals surface area contributed by atoms with E-state index in [4.69, 9.17) is 21.7 Å². The van der Waals surface area contributed by atoms with Gasteiger partial charge in [-0.05, 0) is 24.9 Å². The third kappa shape index (κ3) is 10.0. The minimum Gasteiger partial charge on any atom is -0.481 e. The van der Waals surface area contributed by atoms with Crippen molar-refractivity contribution in [3.05, 3.63) is 35.9 Å². The molecule has 6 N–H and O–H groups in total. The Balaban J connectivity index is 0.000000361. The van der Waals surface area contributed by atoms with E-state index in [1.54, 1.807) is 12.1 Å². The minimum absolute atomic E-state index is 0.112. The van der Waals surface area contributed by atoms with Crippen LogP contribution in [0.25, 0.3) is 0 Å². The smallest absolute Gasteiger partial charge is 0.320 e. The van der Waals surface area contributed by atoms with Crippen molar-refractivity contribution in [1.29, 1.82) is 0 Å². The Morgan fingerprint density at radius 1 is 1.10 bits per heavy atom. The van der Waals surface area contributed by atoms with Crippen molar-refractivity contribution in [1.82, 2.24) is 0 Å². The Bertz CT molecular complexity index is 395. The average molecular weight is 282 g/mol. The molecule has 0 amide bonds. The van der Waals surface area contributed by atoms with Crippen molar-refractivity contribution in [3.63, 3.8) is 0 Å². The summed E-state index contributed by atoms with van der Waals surface area (Å²) in [4.78, 5) is 20.3. The van der Waals surface area contributed by atoms with Crippen LogP contribution in [0.4, 0.5) is 0 Å². The largest absolute Gasteiger partial charge is 0.481 e. The minimum atomic E-state index is -0.933. The molecule has 1 atom stereocenters. The first-order valence-electron chi connectivity index (χ1n) is 6.41. The maximum absolute atomic E-state index is 10.2. The van der Waals surface area contributed by atoms with Crippen LogP contribution in [0.5, 0.6) is 0 Å². The molecule has 0 aliphatic heterocycles. The van der Waals surface area contributed by atoms with Crippen molar-refractivity contribution in [3.8, 4) is 0 Å². The van der Waals surface area contributed by atoms with Gasteiger partial charge in [0.15, 0.2) is 0 Å². The van der Waals surface area contributed by atoms with Crippen LogP contribution in [0.3, 0.4) is 0 Å². The van der Waals surface area contributed by atoms with Gasteiger partial charge in [-0.25, -0.2) is 0 Å². The van der Waals surface area contributed by atoms with Gasteiger partial charge in [0.1, 0.15) is 6.04 Å². The highest BCUT2D eigenvalue weighted by Crippen LogP contribution is 1.98. The van der Waals surface area contributed by atoms with E-state index in [2.05, 4.69) is 0 Å². The van der Waals surface area contributed by atoms with Gasteiger partial charge in [-0.2, -0.15) is 0 Å². The van der Waals surface area contributed by atoms with Gasteiger partial charge in [-0.3, -0.25) is 9.59 Å². The monoisotopic (exact) mass is 282 g/mol. The average Bonchev–Trinajstić information content (AvgIpc) is 2.40. The van der Waals surface area contributed by atoms with E-state index in [1.165, 1.54) is 0 Å². The molecule has 1 aromatic rings. The predicted octanol–water partition coefficient (Wildman–Crippen LogP) is 0.841. The summed E-state index contributed by atoms with van der Waals surface area (Å²) in [6.07, 6.45) is 2.28. The molecule has 0 spiro atoms. The van der Waals surface area contributed by atoms with E-state index in [0.717, 1.165) is 18.4 Å². The molecule has 1 rings (SSSR count). The summed E-state index contributed by atoms with van der Waals surface area (Å²) >= 11 is 0. The second kappa shape index (κ2) is 11.0. The van der Waals surface area contributed by atoms with Crippen LogP contribution < -0.4 is 11.5 Å². The topological polar surface area (TPSA) is 127 Å². The normalized spacial score (nSPS) is 11.1. The van der Waals surface area contributed by atoms with E-state index in [1.807, 2.05) is 18.2 Å². The molecule has 0 aliphatic rings. The predicted molar refractivity (Wildman–Crippen MR) is 76.3 cm³/mol. The lowest BCUT2D eigenvalue weighted by molar-refractivity contribution is -0.139. The summed E-state index contributed by atoms with van der Waals surface area (Å²) in [5.74, 6) is -1.72. The summed E-state index contributed by atoms with van der Waals surface area (Å²) in [5.41, 5.74) is 11.3. The van der Waals surface area contributed by atoms with Crippen LogP contribution in [0.1, 0.15) is 24.8 Å². The quantitative estimate of drug-likeness (QED) is 0.549. The Hall–Kier alpha value is -1.92. The van der Waals surface area contributed by atoms with E-state index in [9.17, 15) is 9.59 Å². The highest BCUT2D eigenvalue weighted by Gasteiger charge is 2.09. The lowest BCUT2D eigenvalue weighted by Crippen LogP contribution is -2.29. The fraction of sp³-hybridized carbons (Fsp3) is 0.429. The molecule has 0 radical (unpaired) electrons. The molecule has 0 bridgehead atoms. The van der Waals surface area contributed by atoms with Crippen molar-refractivity contribution in [2.45, 2.75) is 31.7 Å². The molecule has 20 heavy (non-hydrogen) atoms. The lowest BCUT2D eigenvalue weighted by atomic mass is 10.1. The van der Waals surface area contributed by atoms with Gasteiger partial charge in [-0.1, -0.05) is 36.8 Å². The summed E-state index contributed by atoms with van der Waals surface area (Å²) in [6.45, 7) is 0.604. The molecule has 1 aromatic carbocycles. The van der Waals surface area contributed by atoms with Crippen molar-refractivity contribution >= 4 is 11.9 Å². The van der Waals surface area contributed by atoms with Gasteiger partial charge in [0.2, 0.25) is 0 Å². The maximum Gasteiger partial charge on any atom is 0.320 e. The third-order valence-corrected chi connectivity index (χ3v) is 2.48. The Morgan fingerprint density at radius 3 is 2.15 bits per heavy atom. The lowest BCUT2D eigenvalue weighted by Gasteiger charge is -2.03. The van der Waals surface area contributed by atoms with E-state index in [0.29, 0.717) is 13.0 Å². The van der Waals surface area contributed by atoms with Crippen molar-refractivity contribution in [2.75, 3.05) is 6.54 Å². The number of carboxylic acid groups (broad SMARTS) is 2. The molecule has 112 valence electrons. The summed E-state index contributed by atoms with van der Waals surface area (Å²) in [7, 11) is 0. The van der Waals surface area contributed by atoms with Gasteiger partial charge in [-0.15, -0.1) is 0 Å². The summed E-state index contributed by atoms with van der Waals surface area (Å²) < 4.78 is 0. The van der Waals surface area contributed by atoms with Crippen LogP contribution in [-0.2, 0) is 16.0 Å². The number of rotatable bonds is 7. The molecule has 6 heteroatoms. The number of unbranched alkanes of at least 4 members (excludes halogenated alkanes) is 1. The zero-order chi connectivity index (χ0) is 15.4. The third-order valence-electron chi connectivity index (χ3n) is 2.48. The molecule has 0 saturated carbocycles. The molecule has 0 unspecified atom stereocenters. The number of nitrogens with two attached hydrogens (primary N) is 2. The number of hydrogen-bond donors (Lipinski definition) is 4. The van der Waals surface area contributed by atoms with Gasteiger partial charge in [0.05, 0.1) is 6.42 Å². The zero-order valence-electron chi connectivity index (χ0n) is 11.4. The second-order valence-electron chi connectivity index (χ2n) is 4.29. The first kappa shape index (κ1) is 18.1. The van der Waals surface area contributed by atoms with E-state index < -0.39 is 18.0 Å². The van der Waals surface area contributed by atoms with Crippen molar-refractivity contribution < 1.29 is 19.8 Å². The Kier molecular flexibility index (Phi) is 9.90. The van der Waals surface area contributed by atoms with E-state index >= 15 is 0 Å². The molecule has 0 aliphatic carbocycles. The van der Waals surface area contributed by atoms with Gasteiger partial charge in [0, 0.05) is 0 Å². The molecular formula is C14H22N2O4. The van der Waals surface area contributed by atoms with Crippen LogP contribution in [0, 0.1) is 0 Å². The number of carbonyl (C=O) groups is 2. The summed E-state index contributed by atoms with van der Waals surface area (Å²) in [5, 5.41) is 16.7. The highest BCUT2D eigenvalue weighted by molar-refractivity contribution is 5.72. The Labute approximate surface area is 118 Å². The van der Waals surface area contributed by atoms with Crippen LogP contribution >= 0.6 is 0 Å². The van der Waals surface area contributed by atoms with E-state index in [-0.39, 0.29) is 6.42 Å². The second-order valence-corrected chi connectivity index (χ2v) is 4.29. The Morgan fingerprint density at radius 2 is 1.70 bits per heavy atom. The summed E-state index contributed by atoms with van der Waals surface area (Å²) in [6, 6.07) is 8.41. The SMILES string of the molecule is NCCCC[C@H](N)C(=O)O.O=C(O)Cc1ccccc1. The van der Waals surface area contributed by atoms with Gasteiger partial charge < -0.3 is 21.7 Å². The molecule has 0 aromatic heterocycles. The van der Waals surface area contributed by atoms with Crippen LogP contribution in [0.2, 0.25) is 0 Å². The van der Waals surface area contributed by atoms with Gasteiger partial charge in [0.25, 0.3) is 0 Å². The molecule has 6 nitrogen and oxygen atoms in total. The number of benzene rings is 1. The number of aliphatic carboxylic acids is 2. The molecule has 0 saturated heterocycles. The standard InChI is InChI=1S/C8H8O2.C6H14N2O2/c9-8(10)6-7-4-2-1-3-5-7;7-4-2-1-3-5(8)6(9)10/h1-5H,6H2,(H,9,10);5H,1-4,7-8H2,(H,9,10)/t;5-/m.0/s1. The molecular weight excluding hydrogens is 260 g/mol. The number of hydrogen-bond acceptors (Lipinski definition) is 4. The fourth-order valence-electron chi connectivity index (χ4n) is 1.40. The van der Waals surface area contributed by atoms with Crippen LogP contribution in [-0.4, -0.2) is 34.7 Å².